The molecule has 0 bridgehead atoms. The van der Waals surface area contributed by atoms with Crippen LogP contribution in [-0.4, -0.2) is 29.0 Å². The molecule has 0 aromatic heterocycles. The molecular weight excluding hydrogens is 387 g/mol. The molecule has 0 fully saturated rings. The van der Waals surface area contributed by atoms with Crippen LogP contribution in [0.15, 0.2) is 48.5 Å². The van der Waals surface area contributed by atoms with Crippen LogP contribution in [0.3, 0.4) is 0 Å². The van der Waals surface area contributed by atoms with Gasteiger partial charge in [-0.3, -0.25) is 9.59 Å². The zero-order chi connectivity index (χ0) is 21.6. The first-order chi connectivity index (χ1) is 13.6. The molecule has 9 heteroatoms. The number of carbonyl (C=O) groups is 2. The average molecular weight is 405 g/mol. The van der Waals surface area contributed by atoms with E-state index in [1.807, 2.05) is 6.07 Å². The Morgan fingerprint density at radius 3 is 2.38 bits per heavy atom. The van der Waals surface area contributed by atoms with Gasteiger partial charge in [0, 0.05) is 12.0 Å². The van der Waals surface area contributed by atoms with Crippen LogP contribution < -0.4 is 10.6 Å². The van der Waals surface area contributed by atoms with E-state index in [1.165, 1.54) is 25.1 Å². The molecule has 3 N–H and O–H groups in total. The Kier molecular flexibility index (Phi) is 6.83. The van der Waals surface area contributed by atoms with E-state index < -0.39 is 35.6 Å². The monoisotopic (exact) mass is 405 g/mol. The molecule has 29 heavy (non-hydrogen) atoms. The summed E-state index contributed by atoms with van der Waals surface area (Å²) < 4.78 is 38.6. The quantitative estimate of drug-likeness (QED) is 0.688. The lowest BCUT2D eigenvalue weighted by Crippen LogP contribution is -2.50. The number of aromatic hydroxyl groups is 1. The highest BCUT2D eigenvalue weighted by Crippen LogP contribution is 2.29. The molecule has 2 aromatic rings. The van der Waals surface area contributed by atoms with Crippen molar-refractivity contribution < 1.29 is 27.9 Å². The van der Waals surface area contributed by atoms with E-state index in [4.69, 9.17) is 5.26 Å². The van der Waals surface area contributed by atoms with Crippen molar-refractivity contribution in [2.24, 2.45) is 0 Å². The largest absolute Gasteiger partial charge is 0.508 e. The molecule has 0 aliphatic rings. The zero-order valence-electron chi connectivity index (χ0n) is 15.3. The highest BCUT2D eigenvalue weighted by Gasteiger charge is 2.31. The van der Waals surface area contributed by atoms with Gasteiger partial charge in [0.2, 0.25) is 5.91 Å². The summed E-state index contributed by atoms with van der Waals surface area (Å²) in [4.78, 5) is 24.9. The van der Waals surface area contributed by atoms with Crippen molar-refractivity contribution in [2.45, 2.75) is 31.6 Å². The topological polar surface area (TPSA) is 102 Å². The van der Waals surface area contributed by atoms with Crippen molar-refractivity contribution in [3.63, 3.8) is 0 Å². The van der Waals surface area contributed by atoms with Gasteiger partial charge < -0.3 is 15.7 Å². The normalized spacial score (nSPS) is 13.1. The fourth-order valence-corrected chi connectivity index (χ4v) is 2.50. The smallest absolute Gasteiger partial charge is 0.416 e. The van der Waals surface area contributed by atoms with Crippen LogP contribution in [0.4, 0.5) is 13.2 Å². The van der Waals surface area contributed by atoms with E-state index in [2.05, 4.69) is 10.6 Å². The highest BCUT2D eigenvalue weighted by molar-refractivity contribution is 5.97. The van der Waals surface area contributed by atoms with Gasteiger partial charge in [-0.05, 0) is 42.8 Å². The van der Waals surface area contributed by atoms with E-state index in [9.17, 15) is 27.9 Å². The maximum absolute atomic E-state index is 12.9. The van der Waals surface area contributed by atoms with Crippen LogP contribution in [0.2, 0.25) is 0 Å². The lowest BCUT2D eigenvalue weighted by atomic mass is 10.0. The lowest BCUT2D eigenvalue weighted by molar-refractivity contribution is -0.137. The summed E-state index contributed by atoms with van der Waals surface area (Å²) in [5.41, 5.74) is -0.642. The number of carbonyl (C=O) groups excluding carboxylic acids is 2. The Morgan fingerprint density at radius 2 is 1.79 bits per heavy atom. The van der Waals surface area contributed by atoms with Gasteiger partial charge in [0.05, 0.1) is 11.6 Å². The number of phenols is 1. The summed E-state index contributed by atoms with van der Waals surface area (Å²) in [5, 5.41) is 23.0. The number of rotatable bonds is 6. The summed E-state index contributed by atoms with van der Waals surface area (Å²) >= 11 is 0. The fourth-order valence-electron chi connectivity index (χ4n) is 2.50. The van der Waals surface area contributed by atoms with Gasteiger partial charge in [-0.1, -0.05) is 18.2 Å². The van der Waals surface area contributed by atoms with E-state index in [-0.39, 0.29) is 17.7 Å². The average Bonchev–Trinajstić information content (AvgIpc) is 2.68. The minimum Gasteiger partial charge on any atom is -0.508 e. The van der Waals surface area contributed by atoms with E-state index >= 15 is 0 Å². The van der Waals surface area contributed by atoms with Crippen molar-refractivity contribution in [1.29, 1.82) is 5.26 Å². The number of nitriles is 1. The molecule has 0 aliphatic heterocycles. The standard InChI is InChI=1S/C20H18F3N3O3/c1-12(11-24)25-19(29)17(9-13-5-7-16(27)8-6-13)26-18(28)14-3-2-4-15(10-14)20(21,22)23/h2-8,10,12,17,27H,9H2,1H3,(H,25,29)(H,26,28). The Hall–Kier alpha value is -3.54. The van der Waals surface area contributed by atoms with Gasteiger partial charge in [0.25, 0.3) is 5.91 Å². The summed E-state index contributed by atoms with van der Waals surface area (Å²) in [5.74, 6) is -1.51. The van der Waals surface area contributed by atoms with Crippen molar-refractivity contribution in [3.05, 3.63) is 65.2 Å². The second kappa shape index (κ2) is 9.10. The predicted molar refractivity (Wildman–Crippen MR) is 97.7 cm³/mol. The number of nitrogens with zero attached hydrogens (tertiary/aromatic N) is 1. The molecule has 2 atom stereocenters. The molecule has 0 saturated carbocycles. The Balaban J connectivity index is 2.24. The van der Waals surface area contributed by atoms with Crippen LogP contribution in [0.5, 0.6) is 5.75 Å². The molecule has 2 rings (SSSR count). The summed E-state index contributed by atoms with van der Waals surface area (Å²) in [6.07, 6.45) is -4.60. The molecule has 0 heterocycles. The second-order valence-corrected chi connectivity index (χ2v) is 6.33. The molecule has 6 nitrogen and oxygen atoms in total. The second-order valence-electron chi connectivity index (χ2n) is 6.33. The van der Waals surface area contributed by atoms with Gasteiger partial charge in [0.1, 0.15) is 17.8 Å². The number of alkyl halides is 3. The first-order valence-corrected chi connectivity index (χ1v) is 8.56. The number of halogens is 3. The molecule has 0 aliphatic carbocycles. The number of phenolic OH excluding ortho intramolecular Hbond substituents is 1. The number of hydrogen-bond acceptors (Lipinski definition) is 4. The van der Waals surface area contributed by atoms with Gasteiger partial charge in [-0.25, -0.2) is 0 Å². The van der Waals surface area contributed by atoms with Crippen LogP contribution in [0, 0.1) is 11.3 Å². The van der Waals surface area contributed by atoms with Crippen LogP contribution in [0.25, 0.3) is 0 Å². The van der Waals surface area contributed by atoms with Gasteiger partial charge >= 0.3 is 6.18 Å². The molecular formula is C20H18F3N3O3. The molecule has 0 saturated heterocycles. The van der Waals surface area contributed by atoms with Crippen molar-refractivity contribution in [1.82, 2.24) is 10.6 Å². The molecule has 2 amide bonds. The molecule has 0 radical (unpaired) electrons. The van der Waals surface area contributed by atoms with Crippen LogP contribution in [0.1, 0.15) is 28.4 Å². The molecule has 2 unspecified atom stereocenters. The minimum atomic E-state index is -4.61. The number of benzene rings is 2. The summed E-state index contributed by atoms with van der Waals surface area (Å²) in [7, 11) is 0. The number of amides is 2. The van der Waals surface area contributed by atoms with Gasteiger partial charge in [-0.15, -0.1) is 0 Å². The summed E-state index contributed by atoms with van der Waals surface area (Å²) in [6, 6.07) is 9.59. The minimum absolute atomic E-state index is 0.00889. The van der Waals surface area contributed by atoms with Gasteiger partial charge in [-0.2, -0.15) is 18.4 Å². The summed E-state index contributed by atoms with van der Waals surface area (Å²) in [6.45, 7) is 1.45. The van der Waals surface area contributed by atoms with Crippen molar-refractivity contribution in [3.8, 4) is 11.8 Å². The van der Waals surface area contributed by atoms with Crippen LogP contribution >= 0.6 is 0 Å². The molecule has 2 aromatic carbocycles. The van der Waals surface area contributed by atoms with Crippen molar-refractivity contribution in [2.75, 3.05) is 0 Å². The Labute approximate surface area is 165 Å². The lowest BCUT2D eigenvalue weighted by Gasteiger charge is -2.20. The first kappa shape index (κ1) is 21.8. The predicted octanol–water partition coefficient (Wildman–Crippen LogP) is 2.78. The first-order valence-electron chi connectivity index (χ1n) is 8.56. The Bertz CT molecular complexity index is 921. The van der Waals surface area contributed by atoms with Crippen LogP contribution in [-0.2, 0) is 17.4 Å². The van der Waals surface area contributed by atoms with Gasteiger partial charge in [0.15, 0.2) is 0 Å². The molecule has 152 valence electrons. The maximum Gasteiger partial charge on any atom is 0.416 e. The number of nitrogens with one attached hydrogen (secondary N) is 2. The van der Waals surface area contributed by atoms with Crippen molar-refractivity contribution >= 4 is 11.8 Å². The SMILES string of the molecule is CC(C#N)NC(=O)C(Cc1ccc(O)cc1)NC(=O)c1cccc(C(F)(F)F)c1. The third-order valence-corrected chi connectivity index (χ3v) is 4.00. The number of hydrogen-bond donors (Lipinski definition) is 3. The maximum atomic E-state index is 12.9. The third-order valence-electron chi connectivity index (χ3n) is 4.00. The molecule has 0 spiro atoms. The highest BCUT2D eigenvalue weighted by atomic mass is 19.4. The van der Waals surface area contributed by atoms with E-state index in [0.717, 1.165) is 12.1 Å². The van der Waals surface area contributed by atoms with E-state index in [0.29, 0.717) is 11.6 Å². The zero-order valence-corrected chi connectivity index (χ0v) is 15.3. The third kappa shape index (κ3) is 6.24. The fraction of sp³-hybridized carbons (Fsp3) is 0.250. The van der Waals surface area contributed by atoms with E-state index in [1.54, 1.807) is 12.1 Å². The Morgan fingerprint density at radius 1 is 1.14 bits per heavy atom.